The second kappa shape index (κ2) is 25.3. The summed E-state index contributed by atoms with van der Waals surface area (Å²) in [4.78, 5) is 25.8. The average molecular weight is 901 g/mol. The van der Waals surface area contributed by atoms with E-state index < -0.39 is 104 Å². The topological polar surface area (TPSA) is 272 Å². The molecule has 354 valence electrons. The monoisotopic (exact) mass is 900 g/mol. The highest BCUT2D eigenvalue weighted by molar-refractivity contribution is 5.82. The first-order valence-corrected chi connectivity index (χ1v) is 21.5. The van der Waals surface area contributed by atoms with Crippen LogP contribution < -0.4 is 0 Å². The average Bonchev–Trinajstić information content (AvgIpc) is 3.64. The van der Waals surface area contributed by atoms with Crippen LogP contribution in [0.5, 0.6) is 11.5 Å². The summed E-state index contributed by atoms with van der Waals surface area (Å²) in [6.07, 6.45) is 6.33. The lowest BCUT2D eigenvalue weighted by molar-refractivity contribution is -0.395. The quantitative estimate of drug-likeness (QED) is 0.0488. The first-order valence-electron chi connectivity index (χ1n) is 21.5. The Kier molecular flexibility index (Phi) is 20.6. The summed E-state index contributed by atoms with van der Waals surface area (Å²) in [6, 6.07) is 2.25. The molecule has 9 N–H and O–H groups in total. The molecule has 0 aliphatic carbocycles. The van der Waals surface area contributed by atoms with Gasteiger partial charge in [-0.3, -0.25) is 0 Å². The molecule has 4 rings (SSSR count). The van der Waals surface area contributed by atoms with Crippen molar-refractivity contribution in [3.05, 3.63) is 108 Å². The Balaban J connectivity index is 1.51. The Bertz CT molecular complexity index is 1890. The molecular weight excluding hydrogens is 836 g/mol. The van der Waals surface area contributed by atoms with Crippen LogP contribution in [0.15, 0.2) is 96.7 Å². The third kappa shape index (κ3) is 14.0. The van der Waals surface area contributed by atoms with Crippen molar-refractivity contribution in [1.29, 1.82) is 0 Å². The highest BCUT2D eigenvalue weighted by Crippen LogP contribution is 2.51. The molecule has 5 unspecified atom stereocenters. The Morgan fingerprint density at radius 2 is 1.59 bits per heavy atom. The summed E-state index contributed by atoms with van der Waals surface area (Å²) in [5.74, 6) is -4.40. The maximum atomic E-state index is 13.4. The van der Waals surface area contributed by atoms with E-state index in [2.05, 4.69) is 19.9 Å². The third-order valence-corrected chi connectivity index (χ3v) is 11.2. The van der Waals surface area contributed by atoms with Crippen LogP contribution in [0.2, 0.25) is 0 Å². The van der Waals surface area contributed by atoms with Gasteiger partial charge < -0.3 is 74.4 Å². The maximum Gasteiger partial charge on any atom is 0.331 e. The van der Waals surface area contributed by atoms with Crippen molar-refractivity contribution >= 4 is 11.9 Å². The van der Waals surface area contributed by atoms with Crippen molar-refractivity contribution in [1.82, 2.24) is 0 Å². The number of carbonyl (C=O) groups is 2. The molecule has 2 saturated heterocycles. The van der Waals surface area contributed by atoms with E-state index in [4.69, 9.17) is 28.4 Å². The number of esters is 2. The van der Waals surface area contributed by atoms with Crippen LogP contribution in [0.3, 0.4) is 0 Å². The van der Waals surface area contributed by atoms with Crippen LogP contribution in [0.25, 0.3) is 0 Å². The van der Waals surface area contributed by atoms with E-state index in [-0.39, 0.29) is 29.9 Å². The lowest BCUT2D eigenvalue weighted by Crippen LogP contribution is -2.67. The Morgan fingerprint density at radius 3 is 2.31 bits per heavy atom. The number of hydrogen-bond acceptors (Lipinski definition) is 17. The van der Waals surface area contributed by atoms with Crippen LogP contribution in [0.4, 0.5) is 0 Å². The maximum absolute atomic E-state index is 13.4. The van der Waals surface area contributed by atoms with Crippen molar-refractivity contribution < 1.29 is 84.0 Å². The minimum atomic E-state index is -2.28. The molecule has 0 saturated carbocycles. The zero-order chi connectivity index (χ0) is 47.0. The fourth-order valence-electron chi connectivity index (χ4n) is 7.09. The summed E-state index contributed by atoms with van der Waals surface area (Å²) in [7, 11) is 0. The van der Waals surface area contributed by atoms with Crippen LogP contribution in [0.1, 0.15) is 70.9 Å². The van der Waals surface area contributed by atoms with E-state index in [0.29, 0.717) is 12.3 Å². The number of carbonyl (C=O) groups excluding carboxylic acids is 2. The molecule has 0 amide bonds. The molecule has 0 aromatic heterocycles. The van der Waals surface area contributed by atoms with Crippen LogP contribution >= 0.6 is 0 Å². The fraction of sp³-hybridized carbons (Fsp3) is 0.532. The van der Waals surface area contributed by atoms with E-state index in [1.807, 2.05) is 19.1 Å². The molecule has 0 bridgehead atoms. The number of phenolic OH excluding ortho intramolecular Hbond substituents is 2. The molecule has 1 aromatic rings. The van der Waals surface area contributed by atoms with Crippen molar-refractivity contribution in [3.8, 4) is 11.5 Å². The number of hydrogen-bond donors (Lipinski definition) is 9. The number of aromatic hydroxyl groups is 2. The van der Waals surface area contributed by atoms with Gasteiger partial charge in [-0.05, 0) is 55.7 Å². The normalized spacial score (nSPS) is 30.4. The second-order valence-corrected chi connectivity index (χ2v) is 16.0. The number of phenols is 2. The molecule has 3 heterocycles. The highest BCUT2D eigenvalue weighted by atomic mass is 16.8. The smallest absolute Gasteiger partial charge is 0.331 e. The van der Waals surface area contributed by atoms with Crippen molar-refractivity contribution in [2.24, 2.45) is 5.92 Å². The molecular formula is C47H64O17. The van der Waals surface area contributed by atoms with Crippen LogP contribution in [0, 0.1) is 5.92 Å². The van der Waals surface area contributed by atoms with Gasteiger partial charge in [-0.25, -0.2) is 9.59 Å². The second-order valence-electron chi connectivity index (χ2n) is 16.0. The van der Waals surface area contributed by atoms with Crippen LogP contribution in [-0.4, -0.2) is 138 Å². The standard InChI is InChI=1S/C47H64O17/c1-5-28(3)17-11-9-12-18-29(4)33(51)20-14-10-16-22-38(54)62-44-43(35(25-48)64-47(45(44)58)39-30(26-60-47)23-32(50)24-34(39)52)63-46-42(57)41(56)40(55)36(61-46)27-59-37(53)21-15-8-7-13-19-31(49)6-2/h7-10,12-16,18-19,21-24,28,31,33,35-36,40-46,48-52,55-58H,5-6,11,17,20,25-27H2,1-4H3/b8-7-,12-9+,14-10+,19-13+,21-15+,22-16+,29-18+/t28?,31?,33?,35-,36-,40+,41-,42-,43?,44+,45-,46+,47?/m1/s1. The SMILES string of the molecule is CCC(O)/C=C/C=C\C=C\C(=O)OC[C@H]1O[C@@H](OC2[C@@H](CO)OC3(OCc4cc(O)cc(O)c43)[C@H](O)[C@H]2OC(=O)/C=C/C=C/CC(O)/C(C)=C/C=C/CCC(C)CC)[C@H](O)[C@H](O)[C@H]1O. The van der Waals surface area contributed by atoms with Gasteiger partial charge in [0.1, 0.15) is 54.7 Å². The highest BCUT2D eigenvalue weighted by Gasteiger charge is 2.63. The number of ether oxygens (including phenoxy) is 6. The molecule has 64 heavy (non-hydrogen) atoms. The van der Waals surface area contributed by atoms with Gasteiger partial charge in [0, 0.05) is 18.2 Å². The Hall–Kier alpha value is -4.50. The van der Waals surface area contributed by atoms with E-state index >= 15 is 0 Å². The summed E-state index contributed by atoms with van der Waals surface area (Å²) in [5, 5.41) is 96.3. The van der Waals surface area contributed by atoms with Gasteiger partial charge in [0.25, 0.3) is 0 Å². The zero-order valence-electron chi connectivity index (χ0n) is 36.5. The predicted octanol–water partition coefficient (Wildman–Crippen LogP) is 2.81. The van der Waals surface area contributed by atoms with Crippen molar-refractivity contribution in [2.45, 2.75) is 140 Å². The van der Waals surface area contributed by atoms with E-state index in [1.54, 1.807) is 31.2 Å². The first-order chi connectivity index (χ1) is 30.6. The number of aliphatic hydroxyl groups excluding tert-OH is 7. The molecule has 0 radical (unpaired) electrons. The van der Waals surface area contributed by atoms with Crippen LogP contribution in [-0.2, 0) is 50.4 Å². The lowest BCUT2D eigenvalue weighted by Gasteiger charge is -2.50. The molecule has 1 aromatic carbocycles. The van der Waals surface area contributed by atoms with Crippen molar-refractivity contribution in [2.75, 3.05) is 13.2 Å². The molecule has 3 aliphatic rings. The summed E-state index contributed by atoms with van der Waals surface area (Å²) >= 11 is 0. The molecule has 2 fully saturated rings. The first kappa shape index (κ1) is 52.1. The van der Waals surface area contributed by atoms with Gasteiger partial charge in [0.15, 0.2) is 18.5 Å². The molecule has 17 nitrogen and oxygen atoms in total. The number of benzene rings is 1. The lowest BCUT2D eigenvalue weighted by atomic mass is 9.86. The molecule has 17 heteroatoms. The van der Waals surface area contributed by atoms with Gasteiger partial charge in [-0.15, -0.1) is 0 Å². The Morgan fingerprint density at radius 1 is 0.875 bits per heavy atom. The molecule has 13 atom stereocenters. The molecule has 1 spiro atoms. The summed E-state index contributed by atoms with van der Waals surface area (Å²) < 4.78 is 34.6. The van der Waals surface area contributed by atoms with E-state index in [9.17, 15) is 55.5 Å². The number of allylic oxidation sites excluding steroid dienone is 9. The third-order valence-electron chi connectivity index (χ3n) is 11.2. The number of rotatable bonds is 21. The minimum absolute atomic E-state index is 0.121. The summed E-state index contributed by atoms with van der Waals surface area (Å²) in [5.41, 5.74) is 0.834. The van der Waals surface area contributed by atoms with Gasteiger partial charge >= 0.3 is 11.9 Å². The van der Waals surface area contributed by atoms with E-state index in [1.165, 1.54) is 30.4 Å². The predicted molar refractivity (Wildman–Crippen MR) is 231 cm³/mol. The van der Waals surface area contributed by atoms with Gasteiger partial charge in [0.2, 0.25) is 5.79 Å². The van der Waals surface area contributed by atoms with Gasteiger partial charge in [-0.1, -0.05) is 94.0 Å². The van der Waals surface area contributed by atoms with E-state index in [0.717, 1.165) is 43.1 Å². The van der Waals surface area contributed by atoms with Gasteiger partial charge in [-0.2, -0.15) is 0 Å². The largest absolute Gasteiger partial charge is 0.508 e. The van der Waals surface area contributed by atoms with Crippen molar-refractivity contribution in [3.63, 3.8) is 0 Å². The Labute approximate surface area is 373 Å². The minimum Gasteiger partial charge on any atom is -0.508 e. The zero-order valence-corrected chi connectivity index (χ0v) is 36.5. The number of fused-ring (bicyclic) bond motifs is 2. The molecule has 3 aliphatic heterocycles. The summed E-state index contributed by atoms with van der Waals surface area (Å²) in [6.45, 7) is 6.16. The fourth-order valence-corrected chi connectivity index (χ4v) is 7.09. The number of aliphatic hydroxyl groups is 7. The van der Waals surface area contributed by atoms with Gasteiger partial charge in [0.05, 0.1) is 31.0 Å².